The molecule has 0 radical (unpaired) electrons. The standard InChI is InChI=1S/C22H26FNO5S.C22H28FNO3S/c1-3-5-11-22(4-2)14-30(28,29)19-10-9-16(23)13-18(19)20(21(22)25)15-7-6-8-17(12-15)24(26)27;1-3-5-11-22(4-2)14-28(26,27)19-10-9-16(23)13-18(19)20(21(22)25)15-7-6-8-17(24)12-15/h6-10,12-13,20-21,25H,3-5,11,14H2,1-2H3;6-10,12-13,20-21,25H,3-5,11,14,24H2,1-2H3/t2*20-,21-,22+/m00/s1. The van der Waals surface area contributed by atoms with E-state index in [-0.39, 0.29) is 32.5 Å². The minimum Gasteiger partial charge on any atom is -0.399 e. The Morgan fingerprint density at radius 1 is 0.690 bits per heavy atom. The Morgan fingerprint density at radius 3 is 1.52 bits per heavy atom. The number of nitrogen functional groups attached to an aromatic ring is 1. The molecule has 0 aliphatic carbocycles. The number of nitrogens with zero attached hydrogens (tertiary/aromatic N) is 1. The molecule has 0 spiro atoms. The number of nitro benzene ring substituents is 1. The zero-order valence-electron chi connectivity index (χ0n) is 33.4. The topological polar surface area (TPSA) is 178 Å². The highest BCUT2D eigenvalue weighted by molar-refractivity contribution is 7.91. The van der Waals surface area contributed by atoms with E-state index in [1.807, 2.05) is 33.8 Å². The number of hydrogen-bond donors (Lipinski definition) is 3. The number of fused-ring (bicyclic) bond motifs is 2. The van der Waals surface area contributed by atoms with Crippen molar-refractivity contribution in [1.29, 1.82) is 0 Å². The lowest BCUT2D eigenvalue weighted by Crippen LogP contribution is -2.42. The summed E-state index contributed by atoms with van der Waals surface area (Å²) in [5.74, 6) is -3.10. The summed E-state index contributed by atoms with van der Waals surface area (Å²) in [6.45, 7) is 7.79. The van der Waals surface area contributed by atoms with Crippen molar-refractivity contribution in [3.63, 3.8) is 0 Å². The monoisotopic (exact) mass is 840 g/mol. The lowest BCUT2D eigenvalue weighted by molar-refractivity contribution is -0.384. The molecule has 4 aromatic carbocycles. The normalized spacial score (nSPS) is 25.9. The summed E-state index contributed by atoms with van der Waals surface area (Å²) in [6, 6.07) is 20.1. The first-order valence-electron chi connectivity index (χ1n) is 19.9. The van der Waals surface area contributed by atoms with Gasteiger partial charge in [0.25, 0.3) is 5.69 Å². The van der Waals surface area contributed by atoms with Crippen LogP contribution < -0.4 is 5.73 Å². The number of anilines is 1. The van der Waals surface area contributed by atoms with Crippen LogP contribution in [0, 0.1) is 32.6 Å². The summed E-state index contributed by atoms with van der Waals surface area (Å²) >= 11 is 0. The summed E-state index contributed by atoms with van der Waals surface area (Å²) < 4.78 is 81.5. The second-order valence-electron chi connectivity index (χ2n) is 15.9. The average molecular weight is 841 g/mol. The molecule has 2 aliphatic heterocycles. The van der Waals surface area contributed by atoms with Crippen LogP contribution in [0.2, 0.25) is 0 Å². The fourth-order valence-electron chi connectivity index (χ4n) is 9.00. The van der Waals surface area contributed by atoms with Gasteiger partial charge in [-0.25, -0.2) is 25.6 Å². The van der Waals surface area contributed by atoms with Gasteiger partial charge in [0.05, 0.1) is 38.4 Å². The van der Waals surface area contributed by atoms with Gasteiger partial charge in [0.15, 0.2) is 19.7 Å². The van der Waals surface area contributed by atoms with Crippen molar-refractivity contribution >= 4 is 31.0 Å². The van der Waals surface area contributed by atoms with E-state index in [4.69, 9.17) is 5.73 Å². The van der Waals surface area contributed by atoms with Crippen LogP contribution in [0.5, 0.6) is 0 Å². The van der Waals surface area contributed by atoms with Crippen LogP contribution >= 0.6 is 0 Å². The number of aliphatic hydroxyl groups is 2. The molecule has 0 saturated heterocycles. The number of benzene rings is 4. The van der Waals surface area contributed by atoms with E-state index in [1.165, 1.54) is 42.5 Å². The molecule has 2 heterocycles. The Labute approximate surface area is 340 Å². The van der Waals surface area contributed by atoms with Crippen LogP contribution in [0.1, 0.15) is 113 Å². The van der Waals surface area contributed by atoms with Crippen molar-refractivity contribution < 1.29 is 40.8 Å². The van der Waals surface area contributed by atoms with Gasteiger partial charge in [-0.1, -0.05) is 77.6 Å². The molecule has 0 fully saturated rings. The van der Waals surface area contributed by atoms with Crippen LogP contribution in [0.3, 0.4) is 0 Å². The van der Waals surface area contributed by atoms with E-state index in [0.717, 1.165) is 37.8 Å². The smallest absolute Gasteiger partial charge is 0.269 e. The van der Waals surface area contributed by atoms with Gasteiger partial charge in [0, 0.05) is 40.5 Å². The zero-order valence-corrected chi connectivity index (χ0v) is 35.0. The number of hydrogen-bond acceptors (Lipinski definition) is 9. The highest BCUT2D eigenvalue weighted by Gasteiger charge is 2.50. The molecule has 0 amide bonds. The van der Waals surface area contributed by atoms with Gasteiger partial charge in [0.2, 0.25) is 0 Å². The third kappa shape index (κ3) is 9.00. The number of nitrogens with two attached hydrogens (primary N) is 1. The highest BCUT2D eigenvalue weighted by Crippen LogP contribution is 2.50. The van der Waals surface area contributed by atoms with Crippen molar-refractivity contribution in [3.8, 4) is 0 Å². The third-order valence-corrected chi connectivity index (χ3v) is 16.3. The number of halogens is 2. The fourth-order valence-corrected chi connectivity index (χ4v) is 13.5. The van der Waals surface area contributed by atoms with E-state index in [1.54, 1.807) is 24.3 Å². The number of aliphatic hydroxyl groups excluding tert-OH is 2. The largest absolute Gasteiger partial charge is 0.399 e. The lowest BCUT2D eigenvalue weighted by atomic mass is 9.69. The minimum atomic E-state index is -3.81. The van der Waals surface area contributed by atoms with Crippen LogP contribution in [0.25, 0.3) is 0 Å². The lowest BCUT2D eigenvalue weighted by Gasteiger charge is -2.39. The third-order valence-electron chi connectivity index (χ3n) is 12.3. The molecule has 2 aliphatic rings. The van der Waals surface area contributed by atoms with E-state index < -0.39 is 71.1 Å². The maximum Gasteiger partial charge on any atom is 0.269 e. The van der Waals surface area contributed by atoms with Gasteiger partial charge in [-0.2, -0.15) is 0 Å². The number of unbranched alkanes of at least 4 members (excludes halogenated alkanes) is 2. The summed E-state index contributed by atoms with van der Waals surface area (Å²) in [6.07, 6.45) is 3.17. The molecule has 58 heavy (non-hydrogen) atoms. The number of nitro groups is 1. The minimum absolute atomic E-state index is 0.0220. The molecule has 6 atom stereocenters. The Balaban J connectivity index is 0.000000221. The molecule has 0 aromatic heterocycles. The molecule has 0 saturated carbocycles. The second kappa shape index (κ2) is 17.9. The first-order chi connectivity index (χ1) is 27.4. The Bertz CT molecular complexity index is 2340. The zero-order chi connectivity index (χ0) is 42.6. The maximum atomic E-state index is 14.2. The average Bonchev–Trinajstić information content (AvgIpc) is 3.30. The molecular formula is C44H54F2N2O8S2. The van der Waals surface area contributed by atoms with Crippen molar-refractivity contribution in [2.24, 2.45) is 10.8 Å². The van der Waals surface area contributed by atoms with Gasteiger partial charge in [-0.15, -0.1) is 0 Å². The first-order valence-corrected chi connectivity index (χ1v) is 23.2. The molecule has 0 unspecified atom stereocenters. The second-order valence-corrected chi connectivity index (χ2v) is 19.8. The summed E-state index contributed by atoms with van der Waals surface area (Å²) in [7, 11) is -7.49. The summed E-state index contributed by atoms with van der Waals surface area (Å²) in [5.41, 5.74) is 6.12. The molecule has 4 aromatic rings. The molecule has 14 heteroatoms. The Morgan fingerprint density at radius 2 is 1.12 bits per heavy atom. The van der Waals surface area contributed by atoms with Crippen LogP contribution in [0.15, 0.2) is 94.7 Å². The molecule has 0 bridgehead atoms. The molecule has 314 valence electrons. The van der Waals surface area contributed by atoms with E-state index in [9.17, 15) is 45.9 Å². The van der Waals surface area contributed by atoms with Crippen molar-refractivity contribution in [1.82, 2.24) is 0 Å². The highest BCUT2D eigenvalue weighted by atomic mass is 32.2. The maximum absolute atomic E-state index is 14.2. The SMILES string of the molecule is CCCC[C@]1(CC)CS(=O)(=O)c2ccc(F)cc2[C@H](c2cccc(N)c2)[C@@H]1O.CCCC[C@]1(CC)CS(=O)(=O)c2ccc(F)cc2[C@H](c2cccc([N+](=O)[O-])c2)[C@@H]1O. The number of non-ortho nitro benzene ring substituents is 1. The van der Waals surface area contributed by atoms with Crippen LogP contribution in [-0.4, -0.2) is 55.7 Å². The molecule has 6 rings (SSSR count). The first kappa shape index (κ1) is 44.9. The van der Waals surface area contributed by atoms with Crippen molar-refractivity contribution in [3.05, 3.63) is 129 Å². The number of sulfone groups is 2. The molecule has 4 N–H and O–H groups in total. The quantitative estimate of drug-likeness (QED) is 0.0576. The van der Waals surface area contributed by atoms with Crippen LogP contribution in [-0.2, 0) is 19.7 Å². The van der Waals surface area contributed by atoms with Gasteiger partial charge in [-0.3, -0.25) is 10.1 Å². The Kier molecular flexibility index (Phi) is 13.9. The molecule has 10 nitrogen and oxygen atoms in total. The van der Waals surface area contributed by atoms with E-state index in [2.05, 4.69) is 0 Å². The predicted molar refractivity (Wildman–Crippen MR) is 221 cm³/mol. The van der Waals surface area contributed by atoms with E-state index in [0.29, 0.717) is 48.1 Å². The fraction of sp³-hybridized carbons (Fsp3) is 0.455. The van der Waals surface area contributed by atoms with Gasteiger partial charge in [0.1, 0.15) is 11.6 Å². The van der Waals surface area contributed by atoms with Crippen LogP contribution in [0.4, 0.5) is 20.2 Å². The van der Waals surface area contributed by atoms with Gasteiger partial charge < -0.3 is 15.9 Å². The van der Waals surface area contributed by atoms with E-state index >= 15 is 0 Å². The van der Waals surface area contributed by atoms with Crippen molar-refractivity contribution in [2.45, 2.75) is 113 Å². The predicted octanol–water partition coefficient (Wildman–Crippen LogP) is 8.88. The van der Waals surface area contributed by atoms with Gasteiger partial charge >= 0.3 is 0 Å². The summed E-state index contributed by atoms with van der Waals surface area (Å²) in [5, 5.41) is 34.5. The van der Waals surface area contributed by atoms with Gasteiger partial charge in [-0.05, 0) is 96.5 Å². The van der Waals surface area contributed by atoms with Crippen molar-refractivity contribution in [2.75, 3.05) is 17.2 Å². The number of rotatable bonds is 11. The summed E-state index contributed by atoms with van der Waals surface area (Å²) in [4.78, 5) is 10.8. The molecular weight excluding hydrogens is 787 g/mol. The Hall–Kier alpha value is -4.24.